The minimum atomic E-state index is -0.613. The fraction of sp³-hybridized carbons (Fsp3) is 0.348. The molecule has 0 aliphatic carbocycles. The number of oxime groups is 1. The Bertz CT molecular complexity index is 1020. The van der Waals surface area contributed by atoms with Gasteiger partial charge in [-0.15, -0.1) is 0 Å². The fourth-order valence-corrected chi connectivity index (χ4v) is 4.68. The van der Waals surface area contributed by atoms with Gasteiger partial charge in [-0.3, -0.25) is 9.69 Å². The maximum atomic E-state index is 13.1. The van der Waals surface area contributed by atoms with Gasteiger partial charge in [0.05, 0.1) is 12.0 Å². The molecule has 4 atom stereocenters. The number of hydrogen-bond donors (Lipinski definition) is 0. The van der Waals surface area contributed by atoms with Gasteiger partial charge < -0.3 is 9.57 Å². The summed E-state index contributed by atoms with van der Waals surface area (Å²) in [6, 6.07) is 16.3. The van der Waals surface area contributed by atoms with E-state index in [1.165, 1.54) is 0 Å². The number of benzene rings is 2. The first kappa shape index (κ1) is 17.9. The molecule has 2 aromatic rings. The van der Waals surface area contributed by atoms with Crippen molar-refractivity contribution in [2.75, 3.05) is 0 Å². The SMILES string of the molecule is CC(C)(C)OC(=O)N1[C@@H]2c3ccccc3[C@H]1[C@@H]1C(C(=O)c3ccccc3)=NO[C@@H]12. The van der Waals surface area contributed by atoms with E-state index < -0.39 is 11.7 Å². The Labute approximate surface area is 169 Å². The predicted molar refractivity (Wildman–Crippen MR) is 107 cm³/mol. The van der Waals surface area contributed by atoms with Crippen molar-refractivity contribution in [2.45, 2.75) is 44.6 Å². The van der Waals surface area contributed by atoms with E-state index in [2.05, 4.69) is 5.16 Å². The van der Waals surface area contributed by atoms with Crippen molar-refractivity contribution < 1.29 is 19.2 Å². The molecule has 148 valence electrons. The van der Waals surface area contributed by atoms with Crippen LogP contribution < -0.4 is 0 Å². The molecular formula is C23H22N2O4. The van der Waals surface area contributed by atoms with Crippen molar-refractivity contribution in [2.24, 2.45) is 11.1 Å². The number of rotatable bonds is 2. The topological polar surface area (TPSA) is 68.2 Å². The lowest BCUT2D eigenvalue weighted by molar-refractivity contribution is 0.00336. The van der Waals surface area contributed by atoms with Gasteiger partial charge in [-0.2, -0.15) is 0 Å². The highest BCUT2D eigenvalue weighted by Crippen LogP contribution is 2.59. The second kappa shape index (κ2) is 6.17. The first-order chi connectivity index (χ1) is 13.9. The molecule has 1 saturated heterocycles. The Balaban J connectivity index is 1.54. The summed E-state index contributed by atoms with van der Waals surface area (Å²) in [6.07, 6.45) is -0.779. The van der Waals surface area contributed by atoms with Crippen molar-refractivity contribution in [3.05, 3.63) is 71.3 Å². The Hall–Kier alpha value is -3.15. The average molecular weight is 390 g/mol. The molecule has 3 heterocycles. The minimum absolute atomic E-state index is 0.160. The molecule has 0 aromatic heterocycles. The molecule has 2 bridgehead atoms. The molecule has 0 N–H and O–H groups in total. The number of ether oxygens (including phenoxy) is 1. The van der Waals surface area contributed by atoms with Crippen molar-refractivity contribution in [1.82, 2.24) is 4.90 Å². The maximum Gasteiger partial charge on any atom is 0.411 e. The lowest BCUT2D eigenvalue weighted by Gasteiger charge is -2.28. The van der Waals surface area contributed by atoms with Crippen LogP contribution in [-0.4, -0.2) is 34.2 Å². The molecule has 3 aliphatic rings. The highest BCUT2D eigenvalue weighted by atomic mass is 16.6. The van der Waals surface area contributed by atoms with Crippen molar-refractivity contribution in [1.29, 1.82) is 0 Å². The van der Waals surface area contributed by atoms with Crippen LogP contribution in [0.15, 0.2) is 59.8 Å². The number of hydrogen-bond acceptors (Lipinski definition) is 5. The Morgan fingerprint density at radius 3 is 2.24 bits per heavy atom. The zero-order valence-corrected chi connectivity index (χ0v) is 16.5. The second-order valence-corrected chi connectivity index (χ2v) is 8.67. The number of ketones is 1. The lowest BCUT2D eigenvalue weighted by atomic mass is 9.78. The highest BCUT2D eigenvalue weighted by Gasteiger charge is 2.64. The van der Waals surface area contributed by atoms with Gasteiger partial charge in [0.15, 0.2) is 6.10 Å². The summed E-state index contributed by atoms with van der Waals surface area (Å²) < 4.78 is 5.69. The van der Waals surface area contributed by atoms with Crippen LogP contribution in [0.1, 0.15) is 54.3 Å². The third-order valence-corrected chi connectivity index (χ3v) is 5.70. The Kier molecular flexibility index (Phi) is 3.81. The molecule has 0 saturated carbocycles. The number of amides is 1. The summed E-state index contributed by atoms with van der Waals surface area (Å²) in [5.41, 5.74) is 2.39. The van der Waals surface area contributed by atoms with E-state index in [9.17, 15) is 9.59 Å². The lowest BCUT2D eigenvalue weighted by Crippen LogP contribution is -2.36. The van der Waals surface area contributed by atoms with Crippen LogP contribution in [0.4, 0.5) is 4.79 Å². The summed E-state index contributed by atoms with van der Waals surface area (Å²) >= 11 is 0. The van der Waals surface area contributed by atoms with Gasteiger partial charge >= 0.3 is 6.09 Å². The maximum absolute atomic E-state index is 13.1. The van der Waals surface area contributed by atoms with Gasteiger partial charge in [0.2, 0.25) is 5.78 Å². The quantitative estimate of drug-likeness (QED) is 0.718. The van der Waals surface area contributed by atoms with E-state index in [1.807, 2.05) is 63.2 Å². The molecule has 1 fully saturated rings. The molecule has 0 radical (unpaired) electrons. The van der Waals surface area contributed by atoms with Gasteiger partial charge in [-0.05, 0) is 31.9 Å². The smallest absolute Gasteiger partial charge is 0.411 e. The van der Waals surface area contributed by atoms with Crippen molar-refractivity contribution in [3.63, 3.8) is 0 Å². The zero-order chi connectivity index (χ0) is 20.3. The van der Waals surface area contributed by atoms with Gasteiger partial charge in [0.1, 0.15) is 17.4 Å². The molecule has 6 nitrogen and oxygen atoms in total. The second-order valence-electron chi connectivity index (χ2n) is 8.67. The summed E-state index contributed by atoms with van der Waals surface area (Å²) in [4.78, 5) is 33.7. The van der Waals surface area contributed by atoms with Gasteiger partial charge in [0, 0.05) is 5.56 Å². The molecule has 1 amide bonds. The van der Waals surface area contributed by atoms with Crippen LogP contribution in [0.25, 0.3) is 0 Å². The molecule has 3 aliphatic heterocycles. The predicted octanol–water partition coefficient (Wildman–Crippen LogP) is 4.29. The average Bonchev–Trinajstić information content (AvgIpc) is 3.35. The molecule has 29 heavy (non-hydrogen) atoms. The molecule has 0 spiro atoms. The number of nitrogens with zero attached hydrogens (tertiary/aromatic N) is 2. The third kappa shape index (κ3) is 2.66. The van der Waals surface area contributed by atoms with E-state index in [-0.39, 0.29) is 29.9 Å². The molecule has 0 unspecified atom stereocenters. The highest BCUT2D eigenvalue weighted by molar-refractivity contribution is 6.47. The van der Waals surface area contributed by atoms with E-state index in [4.69, 9.17) is 9.57 Å². The van der Waals surface area contributed by atoms with Gasteiger partial charge in [0.25, 0.3) is 0 Å². The molecule has 5 rings (SSSR count). The number of Topliss-reactive ketones (excluding diaryl/α,β-unsaturated/α-hetero) is 1. The van der Waals surface area contributed by atoms with E-state index in [1.54, 1.807) is 17.0 Å². The van der Waals surface area contributed by atoms with Gasteiger partial charge in [-0.25, -0.2) is 4.79 Å². The van der Waals surface area contributed by atoms with Crippen molar-refractivity contribution >= 4 is 17.6 Å². The first-order valence-corrected chi connectivity index (χ1v) is 9.80. The number of carbonyl (C=O) groups is 2. The zero-order valence-electron chi connectivity index (χ0n) is 16.5. The largest absolute Gasteiger partial charge is 0.444 e. The van der Waals surface area contributed by atoms with Crippen LogP contribution in [0.2, 0.25) is 0 Å². The summed E-state index contributed by atoms with van der Waals surface area (Å²) in [5.74, 6) is -0.470. The van der Waals surface area contributed by atoms with Crippen LogP contribution in [0.3, 0.4) is 0 Å². The number of fused-ring (bicyclic) bond motifs is 8. The summed E-state index contributed by atoms with van der Waals surface area (Å²) in [7, 11) is 0. The van der Waals surface area contributed by atoms with Crippen LogP contribution in [-0.2, 0) is 9.57 Å². The summed E-state index contributed by atoms with van der Waals surface area (Å²) in [6.45, 7) is 5.54. The standard InChI is InChI=1S/C23H22N2O4/c1-23(2,3)28-22(27)25-18-14-11-7-8-12-15(14)19(25)21-16(18)17(24-29-21)20(26)13-9-5-4-6-10-13/h4-12,16,18-19,21H,1-3H3/t16-,18-,19+,21-/m0/s1. The van der Waals surface area contributed by atoms with E-state index >= 15 is 0 Å². The van der Waals surface area contributed by atoms with E-state index in [0.29, 0.717) is 11.3 Å². The summed E-state index contributed by atoms with van der Waals surface area (Å²) in [5, 5.41) is 4.18. The normalized spacial score (nSPS) is 26.4. The van der Waals surface area contributed by atoms with E-state index in [0.717, 1.165) is 11.1 Å². The van der Waals surface area contributed by atoms with Crippen LogP contribution in [0.5, 0.6) is 0 Å². The van der Waals surface area contributed by atoms with Gasteiger partial charge in [-0.1, -0.05) is 59.8 Å². The molecular weight excluding hydrogens is 368 g/mol. The minimum Gasteiger partial charge on any atom is -0.444 e. The Morgan fingerprint density at radius 2 is 1.59 bits per heavy atom. The molecule has 2 aromatic carbocycles. The Morgan fingerprint density at radius 1 is 0.966 bits per heavy atom. The first-order valence-electron chi connectivity index (χ1n) is 9.80. The number of carbonyl (C=O) groups excluding carboxylic acids is 2. The third-order valence-electron chi connectivity index (χ3n) is 5.70. The van der Waals surface area contributed by atoms with Crippen molar-refractivity contribution in [3.8, 4) is 0 Å². The molecule has 6 heteroatoms. The van der Waals surface area contributed by atoms with Crippen LogP contribution >= 0.6 is 0 Å². The monoisotopic (exact) mass is 390 g/mol. The van der Waals surface area contributed by atoms with Crippen LogP contribution in [0, 0.1) is 5.92 Å². The fourth-order valence-electron chi connectivity index (χ4n) is 4.68.